The third-order valence-electron chi connectivity index (χ3n) is 3.08. The predicted molar refractivity (Wildman–Crippen MR) is 55.8 cm³/mol. The van der Waals surface area contributed by atoms with Crippen molar-refractivity contribution in [1.29, 1.82) is 0 Å². The number of pyridine rings is 1. The zero-order valence-electron chi connectivity index (χ0n) is 8.32. The molecule has 0 atom stereocenters. The molecule has 0 aliphatic heterocycles. The lowest BCUT2D eigenvalue weighted by atomic mass is 10.0. The molecular formula is C11H12N2O2. The third-order valence-corrected chi connectivity index (χ3v) is 3.08. The normalized spacial score (nSPS) is 17.6. The minimum atomic E-state index is -0.430. The SMILES string of the molecule is O=c1[nH]c2ccc(C3CCCC3)nc2o1. The van der Waals surface area contributed by atoms with Crippen LogP contribution in [-0.4, -0.2) is 9.97 Å². The van der Waals surface area contributed by atoms with Crippen molar-refractivity contribution in [3.8, 4) is 0 Å². The van der Waals surface area contributed by atoms with Gasteiger partial charge in [0.05, 0.1) is 0 Å². The number of nitrogens with one attached hydrogen (secondary N) is 1. The second-order valence-electron chi connectivity index (χ2n) is 4.08. The van der Waals surface area contributed by atoms with Crippen LogP contribution in [0, 0.1) is 0 Å². The molecule has 2 aromatic rings. The highest BCUT2D eigenvalue weighted by molar-refractivity contribution is 5.67. The fraction of sp³-hybridized carbons (Fsp3) is 0.455. The molecule has 0 spiro atoms. The predicted octanol–water partition coefficient (Wildman–Crippen LogP) is 2.17. The molecule has 1 fully saturated rings. The molecule has 15 heavy (non-hydrogen) atoms. The second kappa shape index (κ2) is 3.22. The quantitative estimate of drug-likeness (QED) is 0.774. The Hall–Kier alpha value is -1.58. The molecule has 78 valence electrons. The summed E-state index contributed by atoms with van der Waals surface area (Å²) in [5.41, 5.74) is 2.17. The Morgan fingerprint density at radius 1 is 1.33 bits per heavy atom. The maximum Gasteiger partial charge on any atom is 0.418 e. The Balaban J connectivity index is 2.08. The molecule has 1 N–H and O–H groups in total. The van der Waals surface area contributed by atoms with E-state index in [1.807, 2.05) is 12.1 Å². The topological polar surface area (TPSA) is 58.9 Å². The molecule has 4 nitrogen and oxygen atoms in total. The van der Waals surface area contributed by atoms with E-state index in [1.54, 1.807) is 0 Å². The zero-order valence-corrected chi connectivity index (χ0v) is 8.32. The summed E-state index contributed by atoms with van der Waals surface area (Å²) in [4.78, 5) is 17.9. The summed E-state index contributed by atoms with van der Waals surface area (Å²) in [6, 6.07) is 3.87. The highest BCUT2D eigenvalue weighted by atomic mass is 16.4. The van der Waals surface area contributed by atoms with Crippen molar-refractivity contribution in [2.24, 2.45) is 0 Å². The maximum absolute atomic E-state index is 11.0. The molecule has 1 saturated carbocycles. The molecule has 0 radical (unpaired) electrons. The molecule has 1 aliphatic carbocycles. The maximum atomic E-state index is 11.0. The van der Waals surface area contributed by atoms with E-state index in [-0.39, 0.29) is 0 Å². The van der Waals surface area contributed by atoms with Gasteiger partial charge in [0.25, 0.3) is 0 Å². The number of hydrogen-bond donors (Lipinski definition) is 1. The number of fused-ring (bicyclic) bond motifs is 1. The standard InChI is InChI=1S/C11H12N2O2/c14-11-13-9-6-5-8(12-10(9)15-11)7-3-1-2-4-7/h5-7H,1-4H2,(H,13,14). The molecule has 3 rings (SSSR count). The van der Waals surface area contributed by atoms with E-state index in [0.717, 1.165) is 5.69 Å². The number of aromatic amines is 1. The molecule has 0 unspecified atom stereocenters. The van der Waals surface area contributed by atoms with E-state index in [2.05, 4.69) is 9.97 Å². The Labute approximate surface area is 86.3 Å². The average molecular weight is 204 g/mol. The van der Waals surface area contributed by atoms with E-state index in [0.29, 0.717) is 17.1 Å². The molecule has 0 saturated heterocycles. The van der Waals surface area contributed by atoms with Gasteiger partial charge in [-0.05, 0) is 25.0 Å². The van der Waals surface area contributed by atoms with Gasteiger partial charge in [-0.25, -0.2) is 9.78 Å². The fourth-order valence-electron chi connectivity index (χ4n) is 2.30. The molecule has 4 heteroatoms. The van der Waals surface area contributed by atoms with Gasteiger partial charge >= 0.3 is 5.76 Å². The van der Waals surface area contributed by atoms with Crippen LogP contribution >= 0.6 is 0 Å². The molecule has 2 aromatic heterocycles. The molecule has 0 bridgehead atoms. The van der Waals surface area contributed by atoms with Gasteiger partial charge in [-0.3, -0.25) is 4.98 Å². The lowest BCUT2D eigenvalue weighted by Gasteiger charge is -2.06. The molecule has 0 aromatic carbocycles. The van der Waals surface area contributed by atoms with Crippen LogP contribution in [0.1, 0.15) is 37.3 Å². The van der Waals surface area contributed by atoms with Crippen LogP contribution in [0.4, 0.5) is 0 Å². The highest BCUT2D eigenvalue weighted by Gasteiger charge is 2.19. The van der Waals surface area contributed by atoms with Crippen molar-refractivity contribution >= 4 is 11.2 Å². The number of nitrogens with zero attached hydrogens (tertiary/aromatic N) is 1. The summed E-state index contributed by atoms with van der Waals surface area (Å²) < 4.78 is 4.95. The van der Waals surface area contributed by atoms with Gasteiger partial charge in [-0.2, -0.15) is 0 Å². The largest absolute Gasteiger partial charge is 0.418 e. The second-order valence-corrected chi connectivity index (χ2v) is 4.08. The first-order valence-corrected chi connectivity index (χ1v) is 5.33. The first kappa shape index (κ1) is 8.71. The van der Waals surface area contributed by atoms with Gasteiger partial charge in [0.1, 0.15) is 5.52 Å². The average Bonchev–Trinajstić information content (AvgIpc) is 2.82. The first-order chi connectivity index (χ1) is 7.33. The Bertz CT molecular complexity index is 535. The van der Waals surface area contributed by atoms with Crippen LogP contribution < -0.4 is 5.76 Å². The van der Waals surface area contributed by atoms with Crippen molar-refractivity contribution in [2.75, 3.05) is 0 Å². The van der Waals surface area contributed by atoms with Crippen LogP contribution in [-0.2, 0) is 0 Å². The van der Waals surface area contributed by atoms with Gasteiger partial charge < -0.3 is 4.42 Å². The summed E-state index contributed by atoms with van der Waals surface area (Å²) >= 11 is 0. The Morgan fingerprint density at radius 2 is 2.13 bits per heavy atom. The molecule has 2 heterocycles. The van der Waals surface area contributed by atoms with Crippen molar-refractivity contribution in [3.63, 3.8) is 0 Å². The first-order valence-electron chi connectivity index (χ1n) is 5.33. The van der Waals surface area contributed by atoms with Gasteiger partial charge in [0.15, 0.2) is 0 Å². The van der Waals surface area contributed by atoms with E-state index in [9.17, 15) is 4.79 Å². The summed E-state index contributed by atoms with van der Waals surface area (Å²) in [6.45, 7) is 0. The Morgan fingerprint density at radius 3 is 2.93 bits per heavy atom. The number of H-pyrrole nitrogens is 1. The fourth-order valence-corrected chi connectivity index (χ4v) is 2.30. The lowest BCUT2D eigenvalue weighted by molar-refractivity contribution is 0.542. The van der Waals surface area contributed by atoms with Crippen LogP contribution in [0.3, 0.4) is 0 Å². The molecule has 0 amide bonds. The van der Waals surface area contributed by atoms with Gasteiger partial charge in [-0.1, -0.05) is 12.8 Å². The zero-order chi connectivity index (χ0) is 10.3. The number of hydrogen-bond acceptors (Lipinski definition) is 3. The van der Waals surface area contributed by atoms with Crippen molar-refractivity contribution in [3.05, 3.63) is 28.4 Å². The van der Waals surface area contributed by atoms with Crippen LogP contribution in [0.25, 0.3) is 11.2 Å². The van der Waals surface area contributed by atoms with Crippen molar-refractivity contribution < 1.29 is 4.42 Å². The van der Waals surface area contributed by atoms with Crippen LogP contribution in [0.5, 0.6) is 0 Å². The van der Waals surface area contributed by atoms with E-state index >= 15 is 0 Å². The van der Waals surface area contributed by atoms with E-state index in [4.69, 9.17) is 4.42 Å². The Kier molecular flexibility index (Phi) is 1.87. The summed E-state index contributed by atoms with van der Waals surface area (Å²) in [5.74, 6) is 0.121. The van der Waals surface area contributed by atoms with Gasteiger partial charge in [0.2, 0.25) is 5.71 Å². The van der Waals surface area contributed by atoms with Crippen molar-refractivity contribution in [2.45, 2.75) is 31.6 Å². The van der Waals surface area contributed by atoms with Gasteiger partial charge in [0, 0.05) is 11.6 Å². The third kappa shape index (κ3) is 1.46. The molecule has 1 aliphatic rings. The molecular weight excluding hydrogens is 192 g/mol. The van der Waals surface area contributed by atoms with Crippen molar-refractivity contribution in [1.82, 2.24) is 9.97 Å². The minimum absolute atomic E-state index is 0.430. The number of rotatable bonds is 1. The van der Waals surface area contributed by atoms with Crippen LogP contribution in [0.15, 0.2) is 21.3 Å². The summed E-state index contributed by atoms with van der Waals surface area (Å²) in [6.07, 6.45) is 4.96. The smallest absolute Gasteiger partial charge is 0.389 e. The number of oxazole rings is 1. The van der Waals surface area contributed by atoms with E-state index < -0.39 is 5.76 Å². The number of aromatic nitrogens is 2. The van der Waals surface area contributed by atoms with Gasteiger partial charge in [-0.15, -0.1) is 0 Å². The van der Waals surface area contributed by atoms with E-state index in [1.165, 1.54) is 25.7 Å². The summed E-state index contributed by atoms with van der Waals surface area (Å²) in [5, 5.41) is 0. The monoisotopic (exact) mass is 204 g/mol. The van der Waals surface area contributed by atoms with Crippen LogP contribution in [0.2, 0.25) is 0 Å². The lowest BCUT2D eigenvalue weighted by Crippen LogP contribution is -1.95. The minimum Gasteiger partial charge on any atom is -0.389 e. The highest BCUT2D eigenvalue weighted by Crippen LogP contribution is 2.33. The summed E-state index contributed by atoms with van der Waals surface area (Å²) in [7, 11) is 0.